The Labute approximate surface area is 102 Å². The number of tetrazole rings is 1. The van der Waals surface area contributed by atoms with Gasteiger partial charge in [-0.3, -0.25) is 9.78 Å². The van der Waals surface area contributed by atoms with E-state index in [1.54, 1.807) is 18.5 Å². The molecule has 2 aromatic rings. The zero-order valence-corrected chi connectivity index (χ0v) is 9.26. The number of pyridine rings is 1. The summed E-state index contributed by atoms with van der Waals surface area (Å²) in [6.07, 6.45) is 4.75. The second-order valence-electron chi connectivity index (χ2n) is 3.27. The van der Waals surface area contributed by atoms with Crippen molar-refractivity contribution in [2.45, 2.75) is 6.54 Å². The van der Waals surface area contributed by atoms with Gasteiger partial charge in [-0.15, -0.1) is 0 Å². The normalized spacial score (nSPS) is 10.7. The predicted octanol–water partition coefficient (Wildman–Crippen LogP) is -1.20. The van der Waals surface area contributed by atoms with Gasteiger partial charge in [-0.25, -0.2) is 10.1 Å². The van der Waals surface area contributed by atoms with Crippen LogP contribution in [0.5, 0.6) is 0 Å². The molecule has 0 saturated carbocycles. The topological polar surface area (TPSA) is 124 Å². The Morgan fingerprint density at radius 3 is 3.17 bits per heavy atom. The molecule has 0 bridgehead atoms. The van der Waals surface area contributed by atoms with Crippen LogP contribution in [0.3, 0.4) is 0 Å². The fraction of sp³-hybridized carbons (Fsp3) is 0.111. The molecule has 0 aromatic carbocycles. The smallest absolute Gasteiger partial charge is 0.261 e. The van der Waals surface area contributed by atoms with Crippen LogP contribution in [0.25, 0.3) is 0 Å². The number of hydrazone groups is 1. The molecule has 0 atom stereocenters. The van der Waals surface area contributed by atoms with Crippen molar-refractivity contribution in [3.63, 3.8) is 0 Å². The highest BCUT2D eigenvalue weighted by atomic mass is 16.2. The average molecular weight is 246 g/mol. The van der Waals surface area contributed by atoms with Gasteiger partial charge in [0.2, 0.25) is 5.95 Å². The fourth-order valence-electron chi connectivity index (χ4n) is 1.13. The minimum Gasteiger partial charge on any atom is -0.367 e. The summed E-state index contributed by atoms with van der Waals surface area (Å²) < 4.78 is 1.16. The van der Waals surface area contributed by atoms with Crippen molar-refractivity contribution in [2.75, 3.05) is 5.73 Å². The second kappa shape index (κ2) is 5.48. The Bertz CT molecular complexity index is 549. The highest BCUT2D eigenvalue weighted by Gasteiger charge is 2.06. The van der Waals surface area contributed by atoms with Crippen LogP contribution in [0.15, 0.2) is 29.6 Å². The number of anilines is 1. The first-order valence-corrected chi connectivity index (χ1v) is 4.99. The SMILES string of the molecule is Nc1nnnn1CC(=O)N/N=C/c1cccnc1. The maximum absolute atomic E-state index is 11.4. The van der Waals surface area contributed by atoms with Crippen LogP contribution in [-0.4, -0.2) is 37.3 Å². The minimum atomic E-state index is -0.380. The zero-order valence-electron chi connectivity index (χ0n) is 9.26. The third kappa shape index (κ3) is 3.07. The first kappa shape index (κ1) is 11.6. The Morgan fingerprint density at radius 2 is 2.50 bits per heavy atom. The molecular weight excluding hydrogens is 236 g/mol. The van der Waals surface area contributed by atoms with Crippen LogP contribution in [0, 0.1) is 0 Å². The van der Waals surface area contributed by atoms with E-state index in [2.05, 4.69) is 31.0 Å². The van der Waals surface area contributed by atoms with Gasteiger partial charge in [0.1, 0.15) is 6.54 Å². The molecule has 92 valence electrons. The van der Waals surface area contributed by atoms with Crippen molar-refractivity contribution >= 4 is 18.1 Å². The van der Waals surface area contributed by atoms with Crippen molar-refractivity contribution in [3.8, 4) is 0 Å². The molecule has 1 amide bonds. The maximum atomic E-state index is 11.4. The Morgan fingerprint density at radius 1 is 1.61 bits per heavy atom. The van der Waals surface area contributed by atoms with E-state index in [1.165, 1.54) is 6.21 Å². The lowest BCUT2D eigenvalue weighted by Crippen LogP contribution is -2.24. The molecule has 0 spiro atoms. The summed E-state index contributed by atoms with van der Waals surface area (Å²) in [4.78, 5) is 15.3. The molecule has 0 radical (unpaired) electrons. The van der Waals surface area contributed by atoms with Crippen LogP contribution >= 0.6 is 0 Å². The van der Waals surface area contributed by atoms with Gasteiger partial charge in [-0.05, 0) is 16.5 Å². The summed E-state index contributed by atoms with van der Waals surface area (Å²) >= 11 is 0. The molecule has 9 heteroatoms. The molecule has 0 aliphatic carbocycles. The standard InChI is InChI=1S/C9H10N8O/c10-9-14-15-16-17(9)6-8(18)13-12-5-7-2-1-3-11-4-7/h1-5H,6H2,(H,13,18)(H2,10,14,16)/b12-5+. The minimum absolute atomic E-state index is 0.0707. The fourth-order valence-corrected chi connectivity index (χ4v) is 1.13. The van der Waals surface area contributed by atoms with E-state index in [4.69, 9.17) is 5.73 Å². The number of nitrogens with two attached hydrogens (primary N) is 1. The van der Waals surface area contributed by atoms with E-state index in [0.29, 0.717) is 0 Å². The molecule has 3 N–H and O–H groups in total. The summed E-state index contributed by atoms with van der Waals surface area (Å²) in [6.45, 7) is -0.0940. The Balaban J connectivity index is 1.86. The van der Waals surface area contributed by atoms with Crippen molar-refractivity contribution in [1.82, 2.24) is 30.6 Å². The van der Waals surface area contributed by atoms with E-state index in [1.807, 2.05) is 6.07 Å². The molecule has 0 fully saturated rings. The van der Waals surface area contributed by atoms with E-state index in [-0.39, 0.29) is 18.4 Å². The van der Waals surface area contributed by atoms with Crippen molar-refractivity contribution in [2.24, 2.45) is 5.10 Å². The number of hydrogen-bond donors (Lipinski definition) is 2. The number of carbonyl (C=O) groups is 1. The van der Waals surface area contributed by atoms with Crippen LogP contribution < -0.4 is 11.2 Å². The highest BCUT2D eigenvalue weighted by Crippen LogP contribution is 1.92. The number of nitrogen functional groups attached to an aromatic ring is 1. The first-order chi connectivity index (χ1) is 8.75. The lowest BCUT2D eigenvalue weighted by atomic mass is 10.3. The Hall–Kier alpha value is -2.84. The summed E-state index contributed by atoms with van der Waals surface area (Å²) in [5, 5.41) is 14.1. The monoisotopic (exact) mass is 246 g/mol. The van der Waals surface area contributed by atoms with Crippen LogP contribution in [0.4, 0.5) is 5.95 Å². The third-order valence-electron chi connectivity index (χ3n) is 1.94. The molecule has 0 aliphatic heterocycles. The predicted molar refractivity (Wildman–Crippen MR) is 62.2 cm³/mol. The van der Waals surface area contributed by atoms with Gasteiger partial charge in [0.15, 0.2) is 0 Å². The summed E-state index contributed by atoms with van der Waals surface area (Å²) in [7, 11) is 0. The second-order valence-corrected chi connectivity index (χ2v) is 3.27. The number of nitrogens with zero attached hydrogens (tertiary/aromatic N) is 6. The van der Waals surface area contributed by atoms with Crippen molar-refractivity contribution in [3.05, 3.63) is 30.1 Å². The van der Waals surface area contributed by atoms with Gasteiger partial charge in [0.25, 0.3) is 5.91 Å². The van der Waals surface area contributed by atoms with Gasteiger partial charge in [-0.1, -0.05) is 11.2 Å². The molecule has 2 aromatic heterocycles. The van der Waals surface area contributed by atoms with Gasteiger partial charge in [0, 0.05) is 18.0 Å². The quantitative estimate of drug-likeness (QED) is 0.515. The maximum Gasteiger partial charge on any atom is 0.261 e. The lowest BCUT2D eigenvalue weighted by molar-refractivity contribution is -0.121. The summed E-state index contributed by atoms with van der Waals surface area (Å²) in [6, 6.07) is 3.58. The molecule has 2 rings (SSSR count). The number of amides is 1. The van der Waals surface area contributed by atoms with E-state index in [9.17, 15) is 4.79 Å². The van der Waals surface area contributed by atoms with Crippen molar-refractivity contribution < 1.29 is 4.79 Å². The van der Waals surface area contributed by atoms with E-state index in [0.717, 1.165) is 10.2 Å². The van der Waals surface area contributed by atoms with Gasteiger partial charge >= 0.3 is 0 Å². The molecule has 2 heterocycles. The summed E-state index contributed by atoms with van der Waals surface area (Å²) in [5.41, 5.74) is 8.51. The van der Waals surface area contributed by atoms with Crippen LogP contribution in [0.1, 0.15) is 5.56 Å². The lowest BCUT2D eigenvalue weighted by Gasteiger charge is -1.99. The van der Waals surface area contributed by atoms with Gasteiger partial charge in [-0.2, -0.15) is 5.10 Å². The number of aromatic nitrogens is 5. The third-order valence-corrected chi connectivity index (χ3v) is 1.94. The van der Waals surface area contributed by atoms with Gasteiger partial charge in [0.05, 0.1) is 6.21 Å². The summed E-state index contributed by atoms with van der Waals surface area (Å²) in [5.74, 6) is -0.310. The number of hydrogen-bond acceptors (Lipinski definition) is 7. The van der Waals surface area contributed by atoms with Gasteiger partial charge < -0.3 is 5.73 Å². The van der Waals surface area contributed by atoms with E-state index >= 15 is 0 Å². The zero-order chi connectivity index (χ0) is 12.8. The number of nitrogens with one attached hydrogen (secondary N) is 1. The highest BCUT2D eigenvalue weighted by molar-refractivity contribution is 5.81. The Kier molecular flexibility index (Phi) is 3.54. The molecular formula is C9H10N8O. The average Bonchev–Trinajstić information content (AvgIpc) is 2.76. The number of rotatable bonds is 4. The number of carbonyl (C=O) groups excluding carboxylic acids is 1. The largest absolute Gasteiger partial charge is 0.367 e. The molecule has 9 nitrogen and oxygen atoms in total. The molecule has 0 aliphatic rings. The first-order valence-electron chi connectivity index (χ1n) is 4.99. The van der Waals surface area contributed by atoms with Crippen LogP contribution in [0.2, 0.25) is 0 Å². The molecule has 0 unspecified atom stereocenters. The van der Waals surface area contributed by atoms with E-state index < -0.39 is 0 Å². The molecule has 0 saturated heterocycles. The van der Waals surface area contributed by atoms with Crippen molar-refractivity contribution in [1.29, 1.82) is 0 Å². The van der Waals surface area contributed by atoms with Crippen LogP contribution in [-0.2, 0) is 11.3 Å². The molecule has 18 heavy (non-hydrogen) atoms.